The van der Waals surface area contributed by atoms with Crippen LogP contribution in [0.2, 0.25) is 0 Å². The lowest BCUT2D eigenvalue weighted by atomic mass is 10.2. The molecule has 9 heteroatoms. The van der Waals surface area contributed by atoms with Crippen molar-refractivity contribution in [2.75, 3.05) is 20.5 Å². The minimum atomic E-state index is -0.444. The number of fused-ring (bicyclic) bond motifs is 2. The molecule has 0 atom stereocenters. The minimum Gasteiger partial charge on any atom is -0.494 e. The molecule has 0 unspecified atom stereocenters. The first-order valence-electron chi connectivity index (χ1n) is 10.4. The average Bonchev–Trinajstić information content (AvgIpc) is 3.39. The average molecular weight is 457 g/mol. The summed E-state index contributed by atoms with van der Waals surface area (Å²) in [5.74, 6) is 1.07. The van der Waals surface area contributed by atoms with Crippen LogP contribution in [0.15, 0.2) is 41.4 Å². The fourth-order valence-corrected chi connectivity index (χ4v) is 4.32. The van der Waals surface area contributed by atoms with Gasteiger partial charge in [0.15, 0.2) is 16.3 Å². The Morgan fingerprint density at radius 1 is 1.12 bits per heavy atom. The highest BCUT2D eigenvalue weighted by molar-refractivity contribution is 7.16. The van der Waals surface area contributed by atoms with Gasteiger partial charge in [0, 0.05) is 17.7 Å². The molecule has 0 fully saturated rings. The molecule has 0 bridgehead atoms. The smallest absolute Gasteiger partial charge is 0.325 e. The summed E-state index contributed by atoms with van der Waals surface area (Å²) < 4.78 is 23.9. The molecule has 0 saturated heterocycles. The van der Waals surface area contributed by atoms with Gasteiger partial charge < -0.3 is 23.5 Å². The van der Waals surface area contributed by atoms with E-state index < -0.39 is 11.9 Å². The van der Waals surface area contributed by atoms with E-state index in [1.54, 1.807) is 34.9 Å². The first kappa shape index (κ1) is 21.9. The van der Waals surface area contributed by atoms with E-state index in [9.17, 15) is 9.59 Å². The Labute approximate surface area is 189 Å². The fraction of sp³-hybridized carbons (Fsp3) is 0.348. The van der Waals surface area contributed by atoms with Crippen molar-refractivity contribution in [1.82, 2.24) is 4.57 Å². The number of unbranched alkanes of at least 4 members (excludes halogenated alkanes) is 2. The van der Waals surface area contributed by atoms with Crippen LogP contribution in [0.3, 0.4) is 0 Å². The lowest BCUT2D eigenvalue weighted by molar-refractivity contribution is -0.141. The van der Waals surface area contributed by atoms with Gasteiger partial charge in [-0.3, -0.25) is 9.59 Å². The van der Waals surface area contributed by atoms with Crippen molar-refractivity contribution in [2.24, 2.45) is 4.99 Å². The second kappa shape index (κ2) is 9.86. The minimum absolute atomic E-state index is 0.0766. The van der Waals surface area contributed by atoms with Crippen LogP contribution >= 0.6 is 11.3 Å². The first-order chi connectivity index (χ1) is 15.6. The molecule has 0 N–H and O–H groups in total. The largest absolute Gasteiger partial charge is 0.494 e. The van der Waals surface area contributed by atoms with Crippen LogP contribution in [0.1, 0.15) is 36.5 Å². The molecule has 4 rings (SSSR count). The molecule has 3 aromatic rings. The van der Waals surface area contributed by atoms with Crippen LogP contribution in [-0.4, -0.2) is 37.0 Å². The topological polar surface area (TPSA) is 88.4 Å². The third-order valence-electron chi connectivity index (χ3n) is 5.01. The van der Waals surface area contributed by atoms with Crippen molar-refractivity contribution < 1.29 is 28.5 Å². The number of carbonyl (C=O) groups is 2. The highest BCUT2D eigenvalue weighted by Gasteiger charge is 2.19. The lowest BCUT2D eigenvalue weighted by Crippen LogP contribution is -2.22. The fourth-order valence-electron chi connectivity index (χ4n) is 3.28. The number of thiazole rings is 1. The highest BCUT2D eigenvalue weighted by atomic mass is 32.1. The van der Waals surface area contributed by atoms with Gasteiger partial charge in [-0.15, -0.1) is 0 Å². The van der Waals surface area contributed by atoms with Gasteiger partial charge in [-0.2, -0.15) is 4.99 Å². The number of hydrogen-bond acceptors (Lipinski definition) is 7. The van der Waals surface area contributed by atoms with Crippen LogP contribution in [0, 0.1) is 0 Å². The summed E-state index contributed by atoms with van der Waals surface area (Å²) in [4.78, 5) is 29.5. The summed E-state index contributed by atoms with van der Waals surface area (Å²) in [6.45, 7) is 2.87. The zero-order valence-corrected chi connectivity index (χ0v) is 18.8. The predicted molar refractivity (Wildman–Crippen MR) is 119 cm³/mol. The number of nitrogens with zero attached hydrogens (tertiary/aromatic N) is 2. The van der Waals surface area contributed by atoms with Gasteiger partial charge >= 0.3 is 5.97 Å². The lowest BCUT2D eigenvalue weighted by Gasteiger charge is -2.06. The molecule has 1 aliphatic rings. The van der Waals surface area contributed by atoms with Crippen molar-refractivity contribution in [3.05, 3.63) is 46.8 Å². The van der Waals surface area contributed by atoms with Gasteiger partial charge in [0.2, 0.25) is 6.79 Å². The number of aromatic nitrogens is 1. The Hall–Kier alpha value is -3.33. The molecule has 2 aromatic carbocycles. The molecular formula is C23H24N2O6S. The number of hydrogen-bond donors (Lipinski definition) is 0. The molecular weight excluding hydrogens is 432 g/mol. The Kier molecular flexibility index (Phi) is 6.75. The van der Waals surface area contributed by atoms with Crippen molar-refractivity contribution >= 4 is 33.4 Å². The SMILES string of the molecule is CCCCCOc1ccc(C(=O)N=c2sc3cc4c(cc3n2CC(=O)OC)OCO4)cc1. The van der Waals surface area contributed by atoms with Crippen LogP contribution in [0.25, 0.3) is 10.2 Å². The van der Waals surface area contributed by atoms with Crippen molar-refractivity contribution in [1.29, 1.82) is 0 Å². The van der Waals surface area contributed by atoms with E-state index in [1.165, 1.54) is 18.4 Å². The molecule has 0 spiro atoms. The van der Waals surface area contributed by atoms with E-state index in [4.69, 9.17) is 18.9 Å². The molecule has 0 saturated carbocycles. The predicted octanol–water partition coefficient (Wildman–Crippen LogP) is 3.91. The van der Waals surface area contributed by atoms with Gasteiger partial charge in [-0.05, 0) is 30.7 Å². The second-order valence-corrected chi connectivity index (χ2v) is 8.23. The Balaban J connectivity index is 1.62. The van der Waals surface area contributed by atoms with E-state index in [1.807, 2.05) is 6.07 Å². The number of methoxy groups -OCH3 is 1. The van der Waals surface area contributed by atoms with E-state index in [0.717, 1.165) is 29.7 Å². The third-order valence-corrected chi connectivity index (χ3v) is 6.05. The van der Waals surface area contributed by atoms with Crippen LogP contribution in [0.5, 0.6) is 17.2 Å². The molecule has 1 amide bonds. The number of ether oxygens (including phenoxy) is 4. The molecule has 2 heterocycles. The second-order valence-electron chi connectivity index (χ2n) is 7.22. The first-order valence-corrected chi connectivity index (χ1v) is 11.2. The molecule has 0 aliphatic carbocycles. The molecule has 32 heavy (non-hydrogen) atoms. The Morgan fingerprint density at radius 3 is 2.59 bits per heavy atom. The van der Waals surface area contributed by atoms with Gasteiger partial charge in [0.1, 0.15) is 12.3 Å². The zero-order valence-electron chi connectivity index (χ0n) is 18.0. The van der Waals surface area contributed by atoms with Crippen LogP contribution in [0.4, 0.5) is 0 Å². The summed E-state index contributed by atoms with van der Waals surface area (Å²) >= 11 is 1.29. The molecule has 8 nitrogen and oxygen atoms in total. The van der Waals surface area contributed by atoms with Crippen molar-refractivity contribution in [3.8, 4) is 17.2 Å². The van der Waals surface area contributed by atoms with E-state index in [-0.39, 0.29) is 13.3 Å². The number of carbonyl (C=O) groups excluding carboxylic acids is 2. The summed E-state index contributed by atoms with van der Waals surface area (Å²) in [6.07, 6.45) is 3.25. The third kappa shape index (κ3) is 4.77. The summed E-state index contributed by atoms with van der Waals surface area (Å²) in [6, 6.07) is 10.5. The van der Waals surface area contributed by atoms with Gasteiger partial charge in [0.25, 0.3) is 5.91 Å². The van der Waals surface area contributed by atoms with Gasteiger partial charge in [-0.25, -0.2) is 0 Å². The molecule has 1 aromatic heterocycles. The van der Waals surface area contributed by atoms with Gasteiger partial charge in [0.05, 0.1) is 23.9 Å². The monoisotopic (exact) mass is 456 g/mol. The Bertz CT molecular complexity index is 1200. The van der Waals surface area contributed by atoms with E-state index in [2.05, 4.69) is 11.9 Å². The number of rotatable bonds is 8. The van der Waals surface area contributed by atoms with Crippen molar-refractivity contribution in [2.45, 2.75) is 32.7 Å². The normalized spacial score (nSPS) is 12.9. The van der Waals surface area contributed by atoms with E-state index in [0.29, 0.717) is 34.0 Å². The Morgan fingerprint density at radius 2 is 1.88 bits per heavy atom. The molecule has 0 radical (unpaired) electrons. The number of benzene rings is 2. The maximum atomic E-state index is 12.8. The highest BCUT2D eigenvalue weighted by Crippen LogP contribution is 2.37. The van der Waals surface area contributed by atoms with Gasteiger partial charge in [-0.1, -0.05) is 31.1 Å². The molecule has 1 aliphatic heterocycles. The summed E-state index contributed by atoms with van der Waals surface area (Å²) in [5.41, 5.74) is 1.15. The number of amides is 1. The maximum absolute atomic E-state index is 12.8. The van der Waals surface area contributed by atoms with Crippen molar-refractivity contribution in [3.63, 3.8) is 0 Å². The van der Waals surface area contributed by atoms with Crippen LogP contribution < -0.4 is 19.0 Å². The zero-order chi connectivity index (χ0) is 22.5. The van der Waals surface area contributed by atoms with Crippen LogP contribution in [-0.2, 0) is 16.1 Å². The van der Waals surface area contributed by atoms with E-state index >= 15 is 0 Å². The summed E-state index contributed by atoms with van der Waals surface area (Å²) in [7, 11) is 1.32. The molecule has 168 valence electrons. The number of esters is 1. The quantitative estimate of drug-likeness (QED) is 0.377. The summed E-state index contributed by atoms with van der Waals surface area (Å²) in [5, 5.41) is 0. The standard InChI is InChI=1S/C23H24N2O6S/c1-3-4-5-10-29-16-8-6-15(7-9-16)22(27)24-23-25(13-21(26)28-2)17-11-18-19(31-14-30-18)12-20(17)32-23/h6-9,11-12H,3-5,10,13-14H2,1-2H3. The maximum Gasteiger partial charge on any atom is 0.325 e.